The van der Waals surface area contributed by atoms with Crippen LogP contribution in [0.4, 0.5) is 0 Å². The number of ether oxygens (including phenoxy) is 1. The maximum Gasteiger partial charge on any atom is 0.230 e. The van der Waals surface area contributed by atoms with Gasteiger partial charge in [-0.15, -0.1) is 11.8 Å². The number of amides is 1. The molecular formula is C13H17Cl2NO2S. The molecule has 1 atom stereocenters. The van der Waals surface area contributed by atoms with Crippen LogP contribution in [-0.2, 0) is 15.3 Å². The Kier molecular flexibility index (Phi) is 7.61. The Balaban J connectivity index is 2.36. The van der Waals surface area contributed by atoms with Crippen molar-refractivity contribution in [2.24, 2.45) is 0 Å². The highest BCUT2D eigenvalue weighted by Gasteiger charge is 2.09. The lowest BCUT2D eigenvalue weighted by atomic mass is 10.2. The van der Waals surface area contributed by atoms with Gasteiger partial charge in [0.2, 0.25) is 5.91 Å². The highest BCUT2D eigenvalue weighted by atomic mass is 35.5. The van der Waals surface area contributed by atoms with Crippen LogP contribution >= 0.6 is 35.0 Å². The number of carbonyl (C=O) groups is 1. The summed E-state index contributed by atoms with van der Waals surface area (Å²) in [5, 5.41) is 4.11. The summed E-state index contributed by atoms with van der Waals surface area (Å²) in [4.78, 5) is 11.6. The molecule has 0 aliphatic carbocycles. The maximum absolute atomic E-state index is 11.6. The lowest BCUT2D eigenvalue weighted by Gasteiger charge is -2.12. The number of thioether (sulfide) groups is 1. The topological polar surface area (TPSA) is 38.3 Å². The summed E-state index contributed by atoms with van der Waals surface area (Å²) in [5.74, 6) is 0.970. The second kappa shape index (κ2) is 8.69. The van der Waals surface area contributed by atoms with Crippen LogP contribution in [0.5, 0.6) is 0 Å². The summed E-state index contributed by atoms with van der Waals surface area (Å²) >= 11 is 13.6. The van der Waals surface area contributed by atoms with Crippen LogP contribution in [-0.4, -0.2) is 31.4 Å². The average Bonchev–Trinajstić information content (AvgIpc) is 2.33. The third kappa shape index (κ3) is 6.04. The molecule has 0 saturated carbocycles. The predicted molar refractivity (Wildman–Crippen MR) is 82.1 cm³/mol. The third-order valence-electron chi connectivity index (χ3n) is 2.37. The first-order valence-electron chi connectivity index (χ1n) is 5.83. The lowest BCUT2D eigenvalue weighted by molar-refractivity contribution is -0.119. The van der Waals surface area contributed by atoms with Crippen LogP contribution in [0, 0.1) is 0 Å². The smallest absolute Gasteiger partial charge is 0.230 e. The van der Waals surface area contributed by atoms with E-state index < -0.39 is 0 Å². The zero-order chi connectivity index (χ0) is 14.3. The van der Waals surface area contributed by atoms with Crippen molar-refractivity contribution in [3.8, 4) is 0 Å². The van der Waals surface area contributed by atoms with Crippen molar-refractivity contribution in [2.45, 2.75) is 18.7 Å². The van der Waals surface area contributed by atoms with E-state index in [1.165, 1.54) is 11.8 Å². The van der Waals surface area contributed by atoms with Gasteiger partial charge in [0.1, 0.15) is 0 Å². The van der Waals surface area contributed by atoms with Crippen molar-refractivity contribution in [3.63, 3.8) is 0 Å². The van der Waals surface area contributed by atoms with Crippen LogP contribution in [0.1, 0.15) is 12.5 Å². The number of hydrogen-bond acceptors (Lipinski definition) is 3. The van der Waals surface area contributed by atoms with E-state index in [1.54, 1.807) is 25.3 Å². The Morgan fingerprint density at radius 1 is 1.42 bits per heavy atom. The van der Waals surface area contributed by atoms with Crippen molar-refractivity contribution in [1.82, 2.24) is 5.32 Å². The second-order valence-corrected chi connectivity index (χ2v) is 5.92. The van der Waals surface area contributed by atoms with Crippen LogP contribution in [0.25, 0.3) is 0 Å². The van der Waals surface area contributed by atoms with Crippen molar-refractivity contribution < 1.29 is 9.53 Å². The predicted octanol–water partition coefficient (Wildman–Crippen LogP) is 3.38. The summed E-state index contributed by atoms with van der Waals surface area (Å²) in [7, 11) is 1.61. The Morgan fingerprint density at radius 2 is 2.05 bits per heavy atom. The Labute approximate surface area is 128 Å². The van der Waals surface area contributed by atoms with Crippen molar-refractivity contribution in [1.29, 1.82) is 0 Å². The molecule has 1 aromatic rings. The highest BCUT2D eigenvalue weighted by Crippen LogP contribution is 2.27. The van der Waals surface area contributed by atoms with E-state index in [-0.39, 0.29) is 11.9 Å². The first-order chi connectivity index (χ1) is 9.04. The van der Waals surface area contributed by atoms with Gasteiger partial charge >= 0.3 is 0 Å². The quantitative estimate of drug-likeness (QED) is 0.836. The van der Waals surface area contributed by atoms with Crippen molar-refractivity contribution >= 4 is 40.9 Å². The molecule has 0 saturated heterocycles. The molecule has 0 heterocycles. The minimum atomic E-state index is -0.0160. The van der Waals surface area contributed by atoms with Crippen molar-refractivity contribution in [2.75, 3.05) is 19.5 Å². The first kappa shape index (κ1) is 16.6. The number of methoxy groups -OCH3 is 1. The monoisotopic (exact) mass is 321 g/mol. The molecule has 0 aliphatic rings. The molecule has 0 aromatic heterocycles. The Morgan fingerprint density at radius 3 is 2.63 bits per heavy atom. The van der Waals surface area contributed by atoms with Crippen molar-refractivity contribution in [3.05, 3.63) is 33.8 Å². The van der Waals surface area contributed by atoms with Gasteiger partial charge in [-0.2, -0.15) is 0 Å². The molecule has 3 nitrogen and oxygen atoms in total. The van der Waals surface area contributed by atoms with E-state index in [1.807, 2.05) is 6.92 Å². The van der Waals surface area contributed by atoms with E-state index in [0.717, 1.165) is 5.56 Å². The average molecular weight is 322 g/mol. The SMILES string of the molecule is COCC(C)NC(=O)CSCc1c(Cl)cccc1Cl. The number of rotatable bonds is 7. The lowest BCUT2D eigenvalue weighted by Crippen LogP contribution is -2.36. The normalized spacial score (nSPS) is 12.2. The number of benzene rings is 1. The largest absolute Gasteiger partial charge is 0.383 e. The molecule has 0 bridgehead atoms. The summed E-state index contributed by atoms with van der Waals surface area (Å²) < 4.78 is 4.95. The molecule has 6 heteroatoms. The standard InChI is InChI=1S/C13H17Cl2NO2S/c1-9(6-18-2)16-13(17)8-19-7-10-11(14)4-3-5-12(10)15/h3-5,9H,6-8H2,1-2H3,(H,16,17). The summed E-state index contributed by atoms with van der Waals surface area (Å²) in [6, 6.07) is 5.41. The Hall–Kier alpha value is -0.420. The summed E-state index contributed by atoms with van der Waals surface area (Å²) in [6.07, 6.45) is 0. The molecule has 0 fully saturated rings. The van der Waals surface area contributed by atoms with Gasteiger partial charge in [0, 0.05) is 28.9 Å². The van der Waals surface area contributed by atoms with Gasteiger partial charge in [0.25, 0.3) is 0 Å². The molecule has 106 valence electrons. The van der Waals surface area contributed by atoms with Gasteiger partial charge in [-0.3, -0.25) is 4.79 Å². The van der Waals surface area contributed by atoms with Crippen LogP contribution in [0.15, 0.2) is 18.2 Å². The third-order valence-corrected chi connectivity index (χ3v) is 4.03. The van der Waals surface area contributed by atoms with Gasteiger partial charge in [-0.05, 0) is 24.6 Å². The molecule has 1 unspecified atom stereocenters. The fourth-order valence-electron chi connectivity index (χ4n) is 1.52. The zero-order valence-electron chi connectivity index (χ0n) is 10.9. The van der Waals surface area contributed by atoms with Gasteiger partial charge in [0.05, 0.1) is 12.4 Å². The van der Waals surface area contributed by atoms with E-state index in [2.05, 4.69) is 5.32 Å². The molecule has 1 N–H and O–H groups in total. The first-order valence-corrected chi connectivity index (χ1v) is 7.74. The molecule has 0 radical (unpaired) electrons. The van der Waals surface area contributed by atoms with E-state index in [4.69, 9.17) is 27.9 Å². The minimum absolute atomic E-state index is 0.0157. The molecule has 1 aromatic carbocycles. The number of halogens is 2. The van der Waals surface area contributed by atoms with Crippen LogP contribution < -0.4 is 5.32 Å². The zero-order valence-corrected chi connectivity index (χ0v) is 13.2. The van der Waals surface area contributed by atoms with Gasteiger partial charge in [-0.1, -0.05) is 29.3 Å². The second-order valence-electron chi connectivity index (χ2n) is 4.12. The summed E-state index contributed by atoms with van der Waals surface area (Å²) in [6.45, 7) is 2.41. The molecule has 1 rings (SSSR count). The maximum atomic E-state index is 11.6. The summed E-state index contributed by atoms with van der Waals surface area (Å²) in [5.41, 5.74) is 0.869. The van der Waals surface area contributed by atoms with Gasteiger partial charge < -0.3 is 10.1 Å². The molecule has 19 heavy (non-hydrogen) atoms. The van der Waals surface area contributed by atoms with Gasteiger partial charge in [-0.25, -0.2) is 0 Å². The van der Waals surface area contributed by atoms with Gasteiger partial charge in [0.15, 0.2) is 0 Å². The molecule has 0 aliphatic heterocycles. The minimum Gasteiger partial charge on any atom is -0.383 e. The Bertz CT molecular complexity index is 409. The number of nitrogens with one attached hydrogen (secondary N) is 1. The fraction of sp³-hybridized carbons (Fsp3) is 0.462. The van der Waals surface area contributed by atoms with E-state index >= 15 is 0 Å². The van der Waals surface area contributed by atoms with Crippen LogP contribution in [0.2, 0.25) is 10.0 Å². The number of carbonyl (C=O) groups excluding carboxylic acids is 1. The van der Waals surface area contributed by atoms with E-state index in [0.29, 0.717) is 28.2 Å². The molecule has 1 amide bonds. The molecular weight excluding hydrogens is 305 g/mol. The van der Waals surface area contributed by atoms with E-state index in [9.17, 15) is 4.79 Å². The van der Waals surface area contributed by atoms with Crippen LogP contribution in [0.3, 0.4) is 0 Å². The highest BCUT2D eigenvalue weighted by molar-refractivity contribution is 7.99. The molecule has 0 spiro atoms. The fourth-order valence-corrected chi connectivity index (χ4v) is 3.10. The number of hydrogen-bond donors (Lipinski definition) is 1.